The Morgan fingerprint density at radius 3 is 2.57 bits per heavy atom. The molecule has 2 nitrogen and oxygen atoms in total. The number of piperidine rings is 1. The van der Waals surface area contributed by atoms with Crippen LogP contribution in [0.3, 0.4) is 0 Å². The summed E-state index contributed by atoms with van der Waals surface area (Å²) in [5, 5.41) is 0. The van der Waals surface area contributed by atoms with Crippen molar-refractivity contribution in [2.24, 2.45) is 5.92 Å². The van der Waals surface area contributed by atoms with Crippen LogP contribution in [-0.4, -0.2) is 24.6 Å². The summed E-state index contributed by atoms with van der Waals surface area (Å²) in [5.74, 6) is 1.77. The van der Waals surface area contributed by atoms with E-state index in [0.717, 1.165) is 24.5 Å². The standard InChI is InChI=1S/C33H37NO/c1-35-28-19-18-27-23-32-29-16-8-9-20-33(29,30(27)24-28)21-22-34(32)31(26-14-6-3-7-15-26)17-10-13-25-11-4-2-5-12-25/h2-7,10-15,18-19,24,29,31-32H,8-9,16-17,20-23H2,1H3/b13-10+/t29-,31?,32-,33+/m0/s1. The molecule has 1 saturated heterocycles. The van der Waals surface area contributed by atoms with Gasteiger partial charge in [-0.25, -0.2) is 0 Å². The maximum atomic E-state index is 5.67. The third-order valence-electron chi connectivity index (χ3n) is 9.14. The predicted molar refractivity (Wildman–Crippen MR) is 145 cm³/mol. The first-order chi connectivity index (χ1) is 17.3. The van der Waals surface area contributed by atoms with Crippen LogP contribution in [0.2, 0.25) is 0 Å². The quantitative estimate of drug-likeness (QED) is 0.373. The van der Waals surface area contributed by atoms with Gasteiger partial charge >= 0.3 is 0 Å². The SMILES string of the molecule is COc1ccc2c(c1)[C@@]13CCCC[C@H]1[C@H](C2)N(C(C/C=C/c1ccccc1)c1ccccc1)CC3. The van der Waals surface area contributed by atoms with E-state index < -0.39 is 0 Å². The van der Waals surface area contributed by atoms with Gasteiger partial charge in [-0.3, -0.25) is 4.90 Å². The summed E-state index contributed by atoms with van der Waals surface area (Å²) in [6, 6.07) is 29.9. The average Bonchev–Trinajstić information content (AvgIpc) is 2.92. The van der Waals surface area contributed by atoms with Crippen LogP contribution in [0, 0.1) is 5.92 Å². The highest BCUT2D eigenvalue weighted by Gasteiger charge is 2.54. The van der Waals surface area contributed by atoms with E-state index in [9.17, 15) is 0 Å². The van der Waals surface area contributed by atoms with Crippen molar-refractivity contribution in [1.29, 1.82) is 0 Å². The molecule has 1 unspecified atom stereocenters. The molecule has 35 heavy (non-hydrogen) atoms. The molecule has 1 aliphatic heterocycles. The molecule has 180 valence electrons. The van der Waals surface area contributed by atoms with E-state index >= 15 is 0 Å². The summed E-state index contributed by atoms with van der Waals surface area (Å²) in [6.07, 6.45) is 13.6. The maximum Gasteiger partial charge on any atom is 0.119 e. The van der Waals surface area contributed by atoms with Gasteiger partial charge in [0.15, 0.2) is 0 Å². The minimum Gasteiger partial charge on any atom is -0.497 e. The van der Waals surface area contributed by atoms with Crippen molar-refractivity contribution in [3.8, 4) is 5.75 Å². The molecule has 0 N–H and O–H groups in total. The Balaban J connectivity index is 1.36. The van der Waals surface area contributed by atoms with Gasteiger partial charge in [-0.05, 0) is 79.0 Å². The van der Waals surface area contributed by atoms with Gasteiger partial charge in [0, 0.05) is 17.5 Å². The first kappa shape index (κ1) is 22.6. The average molecular weight is 464 g/mol. The van der Waals surface area contributed by atoms with Crippen molar-refractivity contribution in [3.05, 3.63) is 107 Å². The van der Waals surface area contributed by atoms with Gasteiger partial charge in [0.05, 0.1) is 7.11 Å². The fourth-order valence-electron chi connectivity index (χ4n) is 7.56. The second-order valence-electron chi connectivity index (χ2n) is 10.8. The third kappa shape index (κ3) is 4.12. The van der Waals surface area contributed by atoms with E-state index in [0.29, 0.717) is 17.5 Å². The van der Waals surface area contributed by atoms with E-state index in [1.54, 1.807) is 18.2 Å². The molecule has 2 fully saturated rings. The lowest BCUT2D eigenvalue weighted by atomic mass is 9.52. The number of benzene rings is 3. The lowest BCUT2D eigenvalue weighted by Crippen LogP contribution is -2.61. The number of hydrogen-bond donors (Lipinski definition) is 0. The van der Waals surface area contributed by atoms with Crippen molar-refractivity contribution >= 4 is 6.08 Å². The molecule has 6 rings (SSSR count). The summed E-state index contributed by atoms with van der Waals surface area (Å²) < 4.78 is 5.67. The topological polar surface area (TPSA) is 12.5 Å². The van der Waals surface area contributed by atoms with Crippen LogP contribution < -0.4 is 4.74 Å². The lowest BCUT2D eigenvalue weighted by Gasteiger charge is -2.60. The number of nitrogens with zero attached hydrogens (tertiary/aromatic N) is 1. The van der Waals surface area contributed by atoms with Gasteiger partial charge in [-0.1, -0.05) is 91.7 Å². The minimum atomic E-state index is 0.336. The zero-order chi connectivity index (χ0) is 23.7. The van der Waals surface area contributed by atoms with E-state index in [1.807, 2.05) is 0 Å². The molecule has 2 aliphatic carbocycles. The predicted octanol–water partition coefficient (Wildman–Crippen LogP) is 7.60. The Labute approximate surface area is 210 Å². The Morgan fingerprint density at radius 1 is 0.971 bits per heavy atom. The van der Waals surface area contributed by atoms with Gasteiger partial charge in [-0.15, -0.1) is 0 Å². The van der Waals surface area contributed by atoms with Crippen molar-refractivity contribution in [2.45, 2.75) is 62.4 Å². The number of likely N-dealkylation sites (tertiary alicyclic amines) is 1. The molecule has 0 spiro atoms. The third-order valence-corrected chi connectivity index (χ3v) is 9.14. The van der Waals surface area contributed by atoms with Crippen LogP contribution in [-0.2, 0) is 11.8 Å². The van der Waals surface area contributed by atoms with Crippen LogP contribution in [0.5, 0.6) is 5.75 Å². The number of methoxy groups -OCH3 is 1. The van der Waals surface area contributed by atoms with Crippen molar-refractivity contribution in [1.82, 2.24) is 4.90 Å². The van der Waals surface area contributed by atoms with E-state index in [4.69, 9.17) is 4.74 Å². The smallest absolute Gasteiger partial charge is 0.119 e. The monoisotopic (exact) mass is 463 g/mol. The van der Waals surface area contributed by atoms with Crippen LogP contribution in [0.1, 0.15) is 66.8 Å². The highest BCUT2D eigenvalue weighted by molar-refractivity contribution is 5.49. The van der Waals surface area contributed by atoms with Crippen LogP contribution in [0.4, 0.5) is 0 Å². The minimum absolute atomic E-state index is 0.336. The Bertz CT molecular complexity index is 1170. The summed E-state index contributed by atoms with van der Waals surface area (Å²) in [4.78, 5) is 2.89. The molecule has 2 bridgehead atoms. The summed E-state index contributed by atoms with van der Waals surface area (Å²) in [5.41, 5.74) is 6.24. The summed E-state index contributed by atoms with van der Waals surface area (Å²) in [7, 11) is 1.80. The van der Waals surface area contributed by atoms with Crippen molar-refractivity contribution in [2.75, 3.05) is 13.7 Å². The summed E-state index contributed by atoms with van der Waals surface area (Å²) >= 11 is 0. The van der Waals surface area contributed by atoms with Crippen LogP contribution >= 0.6 is 0 Å². The Kier molecular flexibility index (Phi) is 6.24. The normalized spacial score (nSPS) is 26.7. The van der Waals surface area contributed by atoms with Crippen LogP contribution in [0.25, 0.3) is 6.08 Å². The molecule has 1 heterocycles. The molecule has 3 aromatic carbocycles. The molecule has 3 aromatic rings. The zero-order valence-electron chi connectivity index (χ0n) is 20.9. The highest BCUT2D eigenvalue weighted by atomic mass is 16.5. The van der Waals surface area contributed by atoms with Crippen molar-refractivity contribution in [3.63, 3.8) is 0 Å². The number of rotatable bonds is 6. The van der Waals surface area contributed by atoms with Gasteiger partial charge < -0.3 is 4.74 Å². The van der Waals surface area contributed by atoms with Gasteiger partial charge in [-0.2, -0.15) is 0 Å². The highest BCUT2D eigenvalue weighted by Crippen LogP contribution is 2.57. The zero-order valence-corrected chi connectivity index (χ0v) is 20.9. The molecule has 1 saturated carbocycles. The first-order valence-electron chi connectivity index (χ1n) is 13.5. The molecule has 2 heteroatoms. The number of fused-ring (bicyclic) bond motifs is 1. The summed E-state index contributed by atoms with van der Waals surface area (Å²) in [6.45, 7) is 1.18. The van der Waals surface area contributed by atoms with E-state index in [1.165, 1.54) is 49.8 Å². The maximum absolute atomic E-state index is 5.67. The van der Waals surface area contributed by atoms with Gasteiger partial charge in [0.25, 0.3) is 0 Å². The van der Waals surface area contributed by atoms with Gasteiger partial charge in [0.2, 0.25) is 0 Å². The molecule has 0 radical (unpaired) electrons. The Hall–Kier alpha value is -2.84. The van der Waals surface area contributed by atoms with Crippen molar-refractivity contribution < 1.29 is 4.74 Å². The fourth-order valence-corrected chi connectivity index (χ4v) is 7.56. The lowest BCUT2D eigenvalue weighted by molar-refractivity contribution is -0.0340. The molecular formula is C33H37NO. The first-order valence-corrected chi connectivity index (χ1v) is 13.5. The fraction of sp³-hybridized carbons (Fsp3) is 0.394. The second kappa shape index (κ2) is 9.66. The van der Waals surface area contributed by atoms with E-state index in [-0.39, 0.29) is 0 Å². The van der Waals surface area contributed by atoms with Crippen LogP contribution in [0.15, 0.2) is 84.9 Å². The molecule has 0 aromatic heterocycles. The number of ether oxygens (including phenoxy) is 1. The molecular weight excluding hydrogens is 426 g/mol. The number of hydrogen-bond acceptors (Lipinski definition) is 2. The van der Waals surface area contributed by atoms with E-state index in [2.05, 4.69) is 95.9 Å². The molecule has 0 amide bonds. The second-order valence-corrected chi connectivity index (χ2v) is 10.8. The molecule has 3 aliphatic rings. The van der Waals surface area contributed by atoms with Gasteiger partial charge in [0.1, 0.15) is 5.75 Å². The Morgan fingerprint density at radius 2 is 1.77 bits per heavy atom. The largest absolute Gasteiger partial charge is 0.497 e. The molecule has 4 atom stereocenters.